The van der Waals surface area contributed by atoms with Gasteiger partial charge in [0.05, 0.1) is 16.1 Å². The minimum absolute atomic E-state index is 0.0248. The molecule has 1 aliphatic carbocycles. The number of aliphatic carboxylic acids is 1. The number of carbonyl (C=O) groups excluding carboxylic acids is 1. The van der Waals surface area contributed by atoms with Gasteiger partial charge in [-0.05, 0) is 102 Å². The van der Waals surface area contributed by atoms with E-state index in [1.54, 1.807) is 25.1 Å². The van der Waals surface area contributed by atoms with Crippen molar-refractivity contribution >= 4 is 29.0 Å². The topological polar surface area (TPSA) is 79.3 Å². The van der Waals surface area contributed by atoms with E-state index in [4.69, 9.17) is 16.7 Å². The highest BCUT2D eigenvalue weighted by atomic mass is 35.5. The first kappa shape index (κ1) is 34.0. The fourth-order valence-corrected chi connectivity index (χ4v) is 5.78. The Morgan fingerprint density at radius 3 is 2.15 bits per heavy atom. The van der Waals surface area contributed by atoms with Gasteiger partial charge in [0.2, 0.25) is 0 Å². The quantitative estimate of drug-likeness (QED) is 0.122. The van der Waals surface area contributed by atoms with Crippen LogP contribution in [-0.4, -0.2) is 21.8 Å². The Hall–Kier alpha value is -4.38. The third kappa shape index (κ3) is 8.13. The fraction of sp³-hybridized carbons (Fsp3) is 0.286. The lowest BCUT2D eigenvalue weighted by Crippen LogP contribution is -2.11. The number of nitrogens with zero attached hydrogens (tertiary/aromatic N) is 1. The molecule has 2 N–H and O–H groups in total. The van der Waals surface area contributed by atoms with Crippen LogP contribution in [0.15, 0.2) is 66.9 Å². The predicted molar refractivity (Wildman–Crippen MR) is 166 cm³/mol. The molecule has 47 heavy (non-hydrogen) atoms. The molecule has 0 saturated heterocycles. The molecule has 246 valence electrons. The number of carboxylic acid groups (broad SMARTS) is 1. The van der Waals surface area contributed by atoms with Crippen molar-refractivity contribution in [2.75, 3.05) is 5.32 Å². The number of halogens is 7. The highest BCUT2D eigenvalue weighted by Gasteiger charge is 2.36. The van der Waals surface area contributed by atoms with Gasteiger partial charge >= 0.3 is 18.3 Å². The summed E-state index contributed by atoms with van der Waals surface area (Å²) in [6, 6.07) is 13.6. The summed E-state index contributed by atoms with van der Waals surface area (Å²) in [5, 5.41) is 12.3. The van der Waals surface area contributed by atoms with E-state index in [0.29, 0.717) is 44.6 Å². The summed E-state index contributed by atoms with van der Waals surface area (Å²) < 4.78 is 81.5. The molecular formula is C35H29ClF6N2O3. The van der Waals surface area contributed by atoms with Crippen LogP contribution in [0.4, 0.5) is 32.0 Å². The van der Waals surface area contributed by atoms with Crippen LogP contribution in [-0.2, 0) is 23.7 Å². The zero-order valence-corrected chi connectivity index (χ0v) is 25.8. The molecule has 0 unspecified atom stereocenters. The molecule has 0 spiro atoms. The molecule has 1 fully saturated rings. The monoisotopic (exact) mass is 674 g/mol. The maximum atomic E-state index is 14.0. The number of rotatable bonds is 11. The average Bonchev–Trinajstić information content (AvgIpc) is 3.84. The Kier molecular flexibility index (Phi) is 9.68. The molecule has 0 bridgehead atoms. The number of aromatic nitrogens is 1. The van der Waals surface area contributed by atoms with Crippen LogP contribution in [0.25, 0.3) is 22.3 Å². The summed E-state index contributed by atoms with van der Waals surface area (Å²) in [7, 11) is 0. The van der Waals surface area contributed by atoms with Gasteiger partial charge in [0.1, 0.15) is 5.69 Å². The second-order valence-electron chi connectivity index (χ2n) is 11.5. The Morgan fingerprint density at radius 1 is 0.872 bits per heavy atom. The van der Waals surface area contributed by atoms with Gasteiger partial charge < -0.3 is 10.4 Å². The van der Waals surface area contributed by atoms with Crippen molar-refractivity contribution in [2.24, 2.45) is 0 Å². The Bertz CT molecular complexity index is 1820. The zero-order chi connectivity index (χ0) is 34.1. The van der Waals surface area contributed by atoms with E-state index in [9.17, 15) is 35.9 Å². The summed E-state index contributed by atoms with van der Waals surface area (Å²) in [5.74, 6) is -1.44. The largest absolute Gasteiger partial charge is 0.481 e. The number of pyridine rings is 1. The number of aryl methyl sites for hydroxylation is 1. The fourth-order valence-electron chi connectivity index (χ4n) is 5.49. The predicted octanol–water partition coefficient (Wildman–Crippen LogP) is 10.3. The molecule has 0 aliphatic heterocycles. The van der Waals surface area contributed by atoms with Gasteiger partial charge in [-0.1, -0.05) is 29.8 Å². The number of anilines is 1. The summed E-state index contributed by atoms with van der Waals surface area (Å²) in [6.07, 6.45) is -6.31. The van der Waals surface area contributed by atoms with Crippen molar-refractivity contribution < 1.29 is 41.0 Å². The van der Waals surface area contributed by atoms with E-state index in [1.165, 1.54) is 30.5 Å². The van der Waals surface area contributed by atoms with Crippen molar-refractivity contribution in [1.29, 1.82) is 0 Å². The lowest BCUT2D eigenvalue weighted by Gasteiger charge is -2.20. The van der Waals surface area contributed by atoms with Gasteiger partial charge in [-0.3, -0.25) is 14.6 Å². The molecule has 0 radical (unpaired) electrons. The molecule has 5 nitrogen and oxygen atoms in total. The van der Waals surface area contributed by atoms with Crippen molar-refractivity contribution in [3.8, 4) is 22.3 Å². The molecule has 0 amide bonds. The van der Waals surface area contributed by atoms with Crippen molar-refractivity contribution in [2.45, 2.75) is 63.8 Å². The van der Waals surface area contributed by atoms with E-state index < -0.39 is 29.4 Å². The molecule has 0 atom stereocenters. The van der Waals surface area contributed by atoms with Crippen molar-refractivity contribution in [3.63, 3.8) is 0 Å². The first-order chi connectivity index (χ1) is 22.1. The third-order valence-electron chi connectivity index (χ3n) is 8.07. The van der Waals surface area contributed by atoms with Crippen LogP contribution in [0.5, 0.6) is 0 Å². The number of benzene rings is 3. The zero-order valence-electron chi connectivity index (χ0n) is 25.0. The average molecular weight is 675 g/mol. The number of carboxylic acids is 1. The normalized spacial score (nSPS) is 13.4. The number of nitrogens with one attached hydrogen (secondary N) is 1. The Balaban J connectivity index is 1.44. The SMILES string of the molecule is Cc1cc(C(F)(F)F)ccc1-c1ccc(NCc2c(-c3ccc(C(=O)CCCC(=O)O)nc3)cc(C(F)(F)F)cc2C2CC2)cc1Cl. The van der Waals surface area contributed by atoms with Crippen LogP contribution in [0, 0.1) is 6.92 Å². The molecule has 1 heterocycles. The van der Waals surface area contributed by atoms with E-state index in [1.807, 2.05) is 0 Å². The maximum Gasteiger partial charge on any atom is 0.416 e. The number of carbonyl (C=O) groups is 2. The highest BCUT2D eigenvalue weighted by molar-refractivity contribution is 6.33. The van der Waals surface area contributed by atoms with E-state index >= 15 is 0 Å². The van der Waals surface area contributed by atoms with Crippen LogP contribution < -0.4 is 5.32 Å². The van der Waals surface area contributed by atoms with Gasteiger partial charge in [0.15, 0.2) is 5.78 Å². The third-order valence-corrected chi connectivity index (χ3v) is 8.38. The molecule has 3 aromatic carbocycles. The van der Waals surface area contributed by atoms with Crippen LogP contribution >= 0.6 is 11.6 Å². The smallest absolute Gasteiger partial charge is 0.416 e. The molecular weight excluding hydrogens is 646 g/mol. The van der Waals surface area contributed by atoms with Gasteiger partial charge in [-0.15, -0.1) is 0 Å². The summed E-state index contributed by atoms with van der Waals surface area (Å²) in [4.78, 5) is 27.4. The van der Waals surface area contributed by atoms with Crippen molar-refractivity contribution in [3.05, 3.63) is 105 Å². The lowest BCUT2D eigenvalue weighted by molar-refractivity contribution is -0.138. The highest BCUT2D eigenvalue weighted by Crippen LogP contribution is 2.47. The first-order valence-electron chi connectivity index (χ1n) is 14.8. The molecule has 1 aromatic heterocycles. The standard InChI is InChI=1S/C35H29ClF6N2O3/c1-19-13-22(34(37,38)39)8-10-25(19)26-11-9-24(16-30(26)36)43-18-29-27(20-5-6-20)14-23(35(40,41)42)15-28(29)21-7-12-31(44-17-21)32(45)3-2-4-33(46)47/h7-17,20,43H,2-6,18H2,1H3,(H,46,47). The summed E-state index contributed by atoms with van der Waals surface area (Å²) >= 11 is 6.57. The lowest BCUT2D eigenvalue weighted by atomic mass is 9.90. The number of alkyl halides is 6. The molecule has 12 heteroatoms. The molecule has 4 aromatic rings. The van der Waals surface area contributed by atoms with Gasteiger partial charge in [0.25, 0.3) is 0 Å². The second-order valence-corrected chi connectivity index (χ2v) is 11.9. The van der Waals surface area contributed by atoms with Crippen LogP contribution in [0.2, 0.25) is 5.02 Å². The van der Waals surface area contributed by atoms with E-state index in [-0.39, 0.29) is 48.2 Å². The number of hydrogen-bond acceptors (Lipinski definition) is 4. The minimum atomic E-state index is -4.60. The molecule has 1 aliphatic rings. The van der Waals surface area contributed by atoms with Crippen LogP contribution in [0.1, 0.15) is 76.3 Å². The molecule has 5 rings (SSSR count). The summed E-state index contributed by atoms with van der Waals surface area (Å²) in [5.41, 5.74) is 2.40. The first-order valence-corrected chi connectivity index (χ1v) is 15.2. The van der Waals surface area contributed by atoms with Gasteiger partial charge in [-0.25, -0.2) is 0 Å². The Morgan fingerprint density at radius 2 is 1.57 bits per heavy atom. The Labute approximate surface area is 271 Å². The van der Waals surface area contributed by atoms with Crippen LogP contribution in [0.3, 0.4) is 0 Å². The van der Waals surface area contributed by atoms with E-state index in [0.717, 1.165) is 31.0 Å². The summed E-state index contributed by atoms with van der Waals surface area (Å²) in [6.45, 7) is 1.69. The molecule has 1 saturated carbocycles. The minimum Gasteiger partial charge on any atom is -0.481 e. The number of ketones is 1. The second kappa shape index (κ2) is 13.4. The van der Waals surface area contributed by atoms with E-state index in [2.05, 4.69) is 10.3 Å². The number of Topliss-reactive ketones (excluding diaryl/α,β-unsaturated/α-hetero) is 1. The number of hydrogen-bond donors (Lipinski definition) is 2. The van der Waals surface area contributed by atoms with Crippen molar-refractivity contribution in [1.82, 2.24) is 4.98 Å². The van der Waals surface area contributed by atoms with Gasteiger partial charge in [0, 0.05) is 42.4 Å². The van der Waals surface area contributed by atoms with Gasteiger partial charge in [-0.2, -0.15) is 26.3 Å². The maximum absolute atomic E-state index is 14.0.